The number of imidazole rings is 1. The second kappa shape index (κ2) is 7.59. The SMILES string of the molecule is COCC(=O)N1CCc2[nH]cnc2C12CCN(C(=O)c1ccc(F)cc1C)CC2. The van der Waals surface area contributed by atoms with Crippen LogP contribution in [0.3, 0.4) is 0 Å². The summed E-state index contributed by atoms with van der Waals surface area (Å²) < 4.78 is 18.5. The van der Waals surface area contributed by atoms with E-state index in [9.17, 15) is 14.0 Å². The number of hydrogen-bond donors (Lipinski definition) is 1. The number of fused-ring (bicyclic) bond motifs is 2. The minimum atomic E-state index is -0.530. The van der Waals surface area contributed by atoms with Crippen molar-refractivity contribution in [3.63, 3.8) is 0 Å². The second-order valence-corrected chi connectivity index (χ2v) is 7.74. The number of aromatic nitrogens is 2. The standard InChI is InChI=1S/C21H25FN4O3/c1-14-11-15(22)3-4-16(14)20(28)25-9-6-21(7-10-25)19-17(23-13-24-19)5-8-26(21)18(27)12-29-2/h3-4,11,13H,5-10,12H2,1-2H3,(H,23,24). The lowest BCUT2D eigenvalue weighted by Gasteiger charge is -2.50. The molecule has 2 aliphatic rings. The van der Waals surface area contributed by atoms with Gasteiger partial charge >= 0.3 is 0 Å². The number of aromatic amines is 1. The Labute approximate surface area is 168 Å². The van der Waals surface area contributed by atoms with Crippen LogP contribution >= 0.6 is 0 Å². The smallest absolute Gasteiger partial charge is 0.254 e. The van der Waals surface area contributed by atoms with Gasteiger partial charge in [0, 0.05) is 44.4 Å². The van der Waals surface area contributed by atoms with Crippen LogP contribution < -0.4 is 0 Å². The molecular formula is C21H25FN4O3. The number of amides is 2. The van der Waals surface area contributed by atoms with Gasteiger partial charge in [-0.15, -0.1) is 0 Å². The summed E-state index contributed by atoms with van der Waals surface area (Å²) in [4.78, 5) is 37.2. The van der Waals surface area contributed by atoms with Gasteiger partial charge in [-0.2, -0.15) is 0 Å². The number of carbonyl (C=O) groups excluding carboxylic acids is 2. The molecule has 1 aromatic heterocycles. The molecule has 0 aliphatic carbocycles. The fourth-order valence-corrected chi connectivity index (χ4v) is 4.67. The van der Waals surface area contributed by atoms with E-state index in [1.807, 2.05) is 4.90 Å². The number of nitrogens with zero attached hydrogens (tertiary/aromatic N) is 3. The molecule has 0 radical (unpaired) electrons. The maximum atomic E-state index is 13.4. The minimum Gasteiger partial charge on any atom is -0.375 e. The maximum absolute atomic E-state index is 13.4. The van der Waals surface area contributed by atoms with Crippen LogP contribution in [-0.4, -0.2) is 64.9 Å². The number of rotatable bonds is 3. The fraction of sp³-hybridized carbons (Fsp3) is 0.476. The highest BCUT2D eigenvalue weighted by atomic mass is 19.1. The molecule has 3 heterocycles. The van der Waals surface area contributed by atoms with Crippen LogP contribution in [-0.2, 0) is 21.5 Å². The van der Waals surface area contributed by atoms with Crippen molar-refractivity contribution < 1.29 is 18.7 Å². The van der Waals surface area contributed by atoms with Crippen molar-refractivity contribution in [3.05, 3.63) is 52.9 Å². The third kappa shape index (κ3) is 3.31. The highest BCUT2D eigenvalue weighted by molar-refractivity contribution is 5.95. The number of ether oxygens (including phenoxy) is 1. The summed E-state index contributed by atoms with van der Waals surface area (Å²) in [7, 11) is 1.51. The number of piperidine rings is 1. The Morgan fingerprint density at radius 3 is 2.72 bits per heavy atom. The van der Waals surface area contributed by atoms with E-state index in [-0.39, 0.29) is 24.2 Å². The monoisotopic (exact) mass is 400 g/mol. The van der Waals surface area contributed by atoms with E-state index >= 15 is 0 Å². The molecule has 7 nitrogen and oxygen atoms in total. The summed E-state index contributed by atoms with van der Waals surface area (Å²) in [5.41, 5.74) is 2.56. The lowest BCUT2D eigenvalue weighted by molar-refractivity contribution is -0.145. The molecule has 1 fully saturated rings. The predicted octanol–water partition coefficient (Wildman–Crippen LogP) is 2.02. The molecule has 29 heavy (non-hydrogen) atoms. The maximum Gasteiger partial charge on any atom is 0.254 e. The molecule has 0 unspecified atom stereocenters. The number of carbonyl (C=O) groups is 2. The van der Waals surface area contributed by atoms with Gasteiger partial charge in [0.1, 0.15) is 12.4 Å². The summed E-state index contributed by atoms with van der Waals surface area (Å²) >= 11 is 0. The molecule has 0 atom stereocenters. The van der Waals surface area contributed by atoms with Gasteiger partial charge < -0.3 is 19.5 Å². The van der Waals surface area contributed by atoms with Gasteiger partial charge in [-0.1, -0.05) is 0 Å². The molecule has 4 rings (SSSR count). The largest absolute Gasteiger partial charge is 0.375 e. The third-order valence-electron chi connectivity index (χ3n) is 6.13. The van der Waals surface area contributed by atoms with Crippen molar-refractivity contribution in [2.24, 2.45) is 0 Å². The summed E-state index contributed by atoms with van der Waals surface area (Å²) in [6.07, 6.45) is 3.61. The van der Waals surface area contributed by atoms with Gasteiger partial charge in [-0.3, -0.25) is 9.59 Å². The van der Waals surface area contributed by atoms with E-state index < -0.39 is 5.54 Å². The van der Waals surface area contributed by atoms with Crippen LogP contribution in [0.25, 0.3) is 0 Å². The van der Waals surface area contributed by atoms with Crippen LogP contribution in [0.5, 0.6) is 0 Å². The average molecular weight is 400 g/mol. The Morgan fingerprint density at radius 1 is 1.28 bits per heavy atom. The molecule has 0 bridgehead atoms. The van der Waals surface area contributed by atoms with Crippen LogP contribution in [0.2, 0.25) is 0 Å². The molecule has 154 valence electrons. The first-order chi connectivity index (χ1) is 14.0. The first kappa shape index (κ1) is 19.6. The van der Waals surface area contributed by atoms with Gasteiger partial charge in [0.15, 0.2) is 0 Å². The summed E-state index contributed by atoms with van der Waals surface area (Å²) in [6, 6.07) is 4.23. The first-order valence-corrected chi connectivity index (χ1v) is 9.84. The van der Waals surface area contributed by atoms with E-state index in [4.69, 9.17) is 4.74 Å². The molecular weight excluding hydrogens is 375 g/mol. The van der Waals surface area contributed by atoms with Gasteiger partial charge in [-0.05, 0) is 43.5 Å². The normalized spacial score (nSPS) is 18.0. The van der Waals surface area contributed by atoms with E-state index in [2.05, 4.69) is 9.97 Å². The molecule has 2 amide bonds. The van der Waals surface area contributed by atoms with Gasteiger partial charge in [0.05, 0.1) is 17.6 Å². The first-order valence-electron chi connectivity index (χ1n) is 9.84. The molecule has 1 aromatic carbocycles. The summed E-state index contributed by atoms with van der Waals surface area (Å²) in [6.45, 7) is 3.36. The van der Waals surface area contributed by atoms with Crippen LogP contribution in [0.15, 0.2) is 24.5 Å². The Balaban J connectivity index is 1.58. The summed E-state index contributed by atoms with van der Waals surface area (Å²) in [5.74, 6) is -0.516. The van der Waals surface area contributed by atoms with Crippen LogP contribution in [0.1, 0.15) is 40.2 Å². The Morgan fingerprint density at radius 2 is 2.03 bits per heavy atom. The molecule has 0 saturated carbocycles. The van der Waals surface area contributed by atoms with Crippen molar-refractivity contribution in [3.8, 4) is 0 Å². The zero-order chi connectivity index (χ0) is 20.6. The molecule has 1 saturated heterocycles. The minimum absolute atomic E-state index is 0.0267. The predicted molar refractivity (Wildman–Crippen MR) is 104 cm³/mol. The van der Waals surface area contributed by atoms with Crippen molar-refractivity contribution in [1.29, 1.82) is 0 Å². The van der Waals surface area contributed by atoms with Crippen molar-refractivity contribution in [2.45, 2.75) is 31.7 Å². The zero-order valence-corrected chi connectivity index (χ0v) is 16.7. The van der Waals surface area contributed by atoms with Crippen LogP contribution in [0.4, 0.5) is 4.39 Å². The fourth-order valence-electron chi connectivity index (χ4n) is 4.67. The molecule has 2 aromatic rings. The highest BCUT2D eigenvalue weighted by Gasteiger charge is 2.49. The van der Waals surface area contributed by atoms with E-state index in [0.29, 0.717) is 43.6 Å². The van der Waals surface area contributed by atoms with Crippen molar-refractivity contribution >= 4 is 11.8 Å². The Kier molecular flexibility index (Phi) is 5.12. The van der Waals surface area contributed by atoms with E-state index in [1.54, 1.807) is 18.2 Å². The van der Waals surface area contributed by atoms with Crippen molar-refractivity contribution in [1.82, 2.24) is 19.8 Å². The zero-order valence-electron chi connectivity index (χ0n) is 16.7. The Bertz CT molecular complexity index is 934. The molecule has 8 heteroatoms. The van der Waals surface area contributed by atoms with E-state index in [1.165, 1.54) is 25.3 Å². The highest BCUT2D eigenvalue weighted by Crippen LogP contribution is 2.42. The quantitative estimate of drug-likeness (QED) is 0.855. The second-order valence-electron chi connectivity index (χ2n) is 7.74. The molecule has 1 N–H and O–H groups in total. The van der Waals surface area contributed by atoms with E-state index in [0.717, 1.165) is 17.8 Å². The lowest BCUT2D eigenvalue weighted by atomic mass is 9.78. The number of likely N-dealkylation sites (tertiary alicyclic amines) is 1. The van der Waals surface area contributed by atoms with Gasteiger partial charge in [-0.25, -0.2) is 9.37 Å². The van der Waals surface area contributed by atoms with Crippen LogP contribution in [0, 0.1) is 12.7 Å². The number of hydrogen-bond acceptors (Lipinski definition) is 4. The van der Waals surface area contributed by atoms with Crippen molar-refractivity contribution in [2.75, 3.05) is 33.4 Å². The number of aryl methyl sites for hydroxylation is 1. The lowest BCUT2D eigenvalue weighted by Crippen LogP contribution is -2.59. The Hall–Kier alpha value is -2.74. The summed E-state index contributed by atoms with van der Waals surface area (Å²) in [5, 5.41) is 0. The number of halogens is 1. The average Bonchev–Trinajstić information content (AvgIpc) is 3.19. The number of benzene rings is 1. The third-order valence-corrected chi connectivity index (χ3v) is 6.13. The number of methoxy groups -OCH3 is 1. The van der Waals surface area contributed by atoms with Gasteiger partial charge in [0.25, 0.3) is 5.91 Å². The topological polar surface area (TPSA) is 78.5 Å². The number of nitrogens with one attached hydrogen (secondary N) is 1. The molecule has 2 aliphatic heterocycles. The van der Waals surface area contributed by atoms with Gasteiger partial charge in [0.2, 0.25) is 5.91 Å². The molecule has 1 spiro atoms. The number of H-pyrrole nitrogens is 1.